The average molecular weight is 254 g/mol. The fraction of sp³-hybridized carbons (Fsp3) is 0.933. The van der Waals surface area contributed by atoms with Gasteiger partial charge in [0, 0.05) is 25.0 Å². The van der Waals surface area contributed by atoms with E-state index in [1.165, 1.54) is 6.42 Å². The van der Waals surface area contributed by atoms with Crippen molar-refractivity contribution in [3.8, 4) is 0 Å². The summed E-state index contributed by atoms with van der Waals surface area (Å²) >= 11 is 0. The van der Waals surface area contributed by atoms with Gasteiger partial charge >= 0.3 is 0 Å². The second kappa shape index (κ2) is 6.05. The van der Waals surface area contributed by atoms with Gasteiger partial charge in [-0.15, -0.1) is 0 Å². The zero-order chi connectivity index (χ0) is 13.8. The zero-order valence-corrected chi connectivity index (χ0v) is 12.6. The normalized spacial score (nSPS) is 19.9. The maximum absolute atomic E-state index is 12.0. The number of likely N-dealkylation sites (tertiary alicyclic amines) is 1. The number of piperidine rings is 1. The number of nitrogens with zero attached hydrogens (tertiary/aromatic N) is 1. The van der Waals surface area contributed by atoms with Crippen molar-refractivity contribution in [1.82, 2.24) is 4.90 Å². The molecular formula is C15H30N2O. The van der Waals surface area contributed by atoms with Crippen molar-refractivity contribution in [3.63, 3.8) is 0 Å². The number of rotatable bonds is 4. The molecule has 1 aliphatic heterocycles. The summed E-state index contributed by atoms with van der Waals surface area (Å²) in [7, 11) is 0. The Kier molecular flexibility index (Phi) is 5.20. The minimum Gasteiger partial charge on any atom is -0.343 e. The fourth-order valence-corrected chi connectivity index (χ4v) is 2.36. The molecule has 0 bridgehead atoms. The minimum absolute atomic E-state index is 0.0665. The van der Waals surface area contributed by atoms with Gasteiger partial charge in [0.2, 0.25) is 5.91 Å². The highest BCUT2D eigenvalue weighted by Crippen LogP contribution is 2.23. The molecule has 3 heteroatoms. The monoisotopic (exact) mass is 254 g/mol. The molecule has 106 valence electrons. The summed E-state index contributed by atoms with van der Waals surface area (Å²) < 4.78 is 0. The van der Waals surface area contributed by atoms with Crippen LogP contribution in [0.5, 0.6) is 0 Å². The molecule has 1 aliphatic rings. The summed E-state index contributed by atoms with van der Waals surface area (Å²) in [5, 5.41) is 0. The van der Waals surface area contributed by atoms with Gasteiger partial charge in [-0.3, -0.25) is 4.79 Å². The van der Waals surface area contributed by atoms with Gasteiger partial charge in [0.25, 0.3) is 0 Å². The highest BCUT2D eigenvalue weighted by atomic mass is 16.2. The van der Waals surface area contributed by atoms with Crippen LogP contribution in [-0.4, -0.2) is 29.4 Å². The van der Waals surface area contributed by atoms with Crippen molar-refractivity contribution in [3.05, 3.63) is 0 Å². The SMILES string of the molecule is CC(C)(C)CCCCC(=O)N1CCC(C)(N)CC1. The lowest BCUT2D eigenvalue weighted by Crippen LogP contribution is -2.49. The molecule has 0 aromatic carbocycles. The largest absolute Gasteiger partial charge is 0.343 e. The second-order valence-corrected chi connectivity index (χ2v) is 7.30. The second-order valence-electron chi connectivity index (χ2n) is 7.30. The van der Waals surface area contributed by atoms with Gasteiger partial charge in [0.1, 0.15) is 0 Å². The lowest BCUT2D eigenvalue weighted by atomic mass is 9.89. The van der Waals surface area contributed by atoms with E-state index in [4.69, 9.17) is 5.73 Å². The molecule has 0 aliphatic carbocycles. The lowest BCUT2D eigenvalue weighted by Gasteiger charge is -2.36. The standard InChI is InChI=1S/C15H30N2O/c1-14(2,3)8-6-5-7-13(18)17-11-9-15(4,16)10-12-17/h5-12,16H2,1-4H3. The Labute approximate surface area is 112 Å². The van der Waals surface area contributed by atoms with E-state index in [1.54, 1.807) is 0 Å². The highest BCUT2D eigenvalue weighted by Gasteiger charge is 2.27. The Balaban J connectivity index is 2.18. The predicted molar refractivity (Wildman–Crippen MR) is 76.3 cm³/mol. The van der Waals surface area contributed by atoms with Crippen LogP contribution in [0.2, 0.25) is 0 Å². The number of carbonyl (C=O) groups is 1. The molecule has 0 saturated carbocycles. The van der Waals surface area contributed by atoms with Crippen molar-refractivity contribution in [2.24, 2.45) is 11.1 Å². The van der Waals surface area contributed by atoms with Crippen LogP contribution in [0, 0.1) is 5.41 Å². The third-order valence-electron chi connectivity index (χ3n) is 3.83. The van der Waals surface area contributed by atoms with Crippen LogP contribution in [0.3, 0.4) is 0 Å². The van der Waals surface area contributed by atoms with Crippen molar-refractivity contribution in [2.75, 3.05) is 13.1 Å². The first-order valence-corrected chi connectivity index (χ1v) is 7.26. The molecule has 0 spiro atoms. The van der Waals surface area contributed by atoms with Crippen molar-refractivity contribution in [2.45, 2.75) is 71.8 Å². The summed E-state index contributed by atoms with van der Waals surface area (Å²) in [4.78, 5) is 14.0. The van der Waals surface area contributed by atoms with Crippen LogP contribution >= 0.6 is 0 Å². The summed E-state index contributed by atoms with van der Waals surface area (Å²) in [6.45, 7) is 10.5. The van der Waals surface area contributed by atoms with E-state index in [-0.39, 0.29) is 5.54 Å². The molecule has 0 radical (unpaired) electrons. The quantitative estimate of drug-likeness (QED) is 0.784. The summed E-state index contributed by atoms with van der Waals surface area (Å²) in [6.07, 6.45) is 5.93. The van der Waals surface area contributed by atoms with Gasteiger partial charge in [0.15, 0.2) is 0 Å². The maximum Gasteiger partial charge on any atom is 0.222 e. The van der Waals surface area contributed by atoms with Gasteiger partial charge in [-0.25, -0.2) is 0 Å². The van der Waals surface area contributed by atoms with Gasteiger partial charge < -0.3 is 10.6 Å². The fourth-order valence-electron chi connectivity index (χ4n) is 2.36. The number of hydrogen-bond donors (Lipinski definition) is 1. The van der Waals surface area contributed by atoms with E-state index >= 15 is 0 Å². The molecule has 1 amide bonds. The first kappa shape index (κ1) is 15.5. The smallest absolute Gasteiger partial charge is 0.222 e. The first-order valence-electron chi connectivity index (χ1n) is 7.26. The van der Waals surface area contributed by atoms with E-state index in [0.717, 1.165) is 38.8 Å². The molecule has 0 atom stereocenters. The van der Waals surface area contributed by atoms with Crippen LogP contribution in [0.15, 0.2) is 0 Å². The zero-order valence-electron chi connectivity index (χ0n) is 12.6. The first-order chi connectivity index (χ1) is 8.20. The molecular weight excluding hydrogens is 224 g/mol. The molecule has 0 aromatic rings. The Bertz CT molecular complexity index is 269. The van der Waals surface area contributed by atoms with Crippen LogP contribution in [-0.2, 0) is 4.79 Å². The van der Waals surface area contributed by atoms with Gasteiger partial charge in [-0.05, 0) is 38.0 Å². The number of hydrogen-bond acceptors (Lipinski definition) is 2. The van der Waals surface area contributed by atoms with Crippen molar-refractivity contribution in [1.29, 1.82) is 0 Å². The number of nitrogens with two attached hydrogens (primary N) is 1. The van der Waals surface area contributed by atoms with E-state index in [9.17, 15) is 4.79 Å². The lowest BCUT2D eigenvalue weighted by molar-refractivity contribution is -0.132. The Hall–Kier alpha value is -0.570. The molecule has 18 heavy (non-hydrogen) atoms. The molecule has 1 saturated heterocycles. The van der Waals surface area contributed by atoms with E-state index in [1.807, 2.05) is 4.90 Å². The summed E-state index contributed by atoms with van der Waals surface area (Å²) in [5.74, 6) is 0.319. The van der Waals surface area contributed by atoms with Crippen LogP contribution in [0.4, 0.5) is 0 Å². The molecule has 1 fully saturated rings. The number of unbranched alkanes of at least 4 members (excludes halogenated alkanes) is 1. The molecule has 1 rings (SSSR count). The number of carbonyl (C=O) groups excluding carboxylic acids is 1. The summed E-state index contributed by atoms with van der Waals surface area (Å²) in [6, 6.07) is 0. The topological polar surface area (TPSA) is 46.3 Å². The van der Waals surface area contributed by atoms with Crippen LogP contribution < -0.4 is 5.73 Å². The molecule has 2 N–H and O–H groups in total. The predicted octanol–water partition coefficient (Wildman–Crippen LogP) is 2.93. The average Bonchev–Trinajstić information content (AvgIpc) is 2.22. The third-order valence-corrected chi connectivity index (χ3v) is 3.83. The third kappa shape index (κ3) is 5.85. The van der Waals surface area contributed by atoms with E-state index in [0.29, 0.717) is 17.7 Å². The molecule has 1 heterocycles. The van der Waals surface area contributed by atoms with Gasteiger partial charge in [-0.2, -0.15) is 0 Å². The molecule has 0 aromatic heterocycles. The van der Waals surface area contributed by atoms with Crippen molar-refractivity contribution < 1.29 is 4.79 Å². The van der Waals surface area contributed by atoms with Crippen LogP contribution in [0.1, 0.15) is 66.2 Å². The van der Waals surface area contributed by atoms with Crippen LogP contribution in [0.25, 0.3) is 0 Å². The highest BCUT2D eigenvalue weighted by molar-refractivity contribution is 5.76. The summed E-state index contributed by atoms with van der Waals surface area (Å²) in [5.41, 5.74) is 6.39. The molecule has 3 nitrogen and oxygen atoms in total. The van der Waals surface area contributed by atoms with E-state index < -0.39 is 0 Å². The van der Waals surface area contributed by atoms with Gasteiger partial charge in [-0.1, -0.05) is 27.2 Å². The minimum atomic E-state index is -0.0665. The number of amides is 1. The maximum atomic E-state index is 12.0. The van der Waals surface area contributed by atoms with Crippen molar-refractivity contribution >= 4 is 5.91 Å². The molecule has 0 unspecified atom stereocenters. The Morgan fingerprint density at radius 3 is 2.28 bits per heavy atom. The Morgan fingerprint density at radius 2 is 1.78 bits per heavy atom. The Morgan fingerprint density at radius 1 is 1.22 bits per heavy atom. The van der Waals surface area contributed by atoms with Gasteiger partial charge in [0.05, 0.1) is 0 Å². The van der Waals surface area contributed by atoms with E-state index in [2.05, 4.69) is 27.7 Å².